The summed E-state index contributed by atoms with van der Waals surface area (Å²) in [7, 11) is -3.66. The van der Waals surface area contributed by atoms with Crippen LogP contribution < -0.4 is 9.44 Å². The Morgan fingerprint density at radius 1 is 1.50 bits per heavy atom. The molecule has 16 heavy (non-hydrogen) atoms. The monoisotopic (exact) mass is 245 g/mol. The first kappa shape index (κ1) is 12.4. The number of hydrogen-bond donors (Lipinski definition) is 3. The van der Waals surface area contributed by atoms with Gasteiger partial charge in [-0.15, -0.1) is 0 Å². The molecule has 88 valence electrons. The van der Waals surface area contributed by atoms with Gasteiger partial charge in [-0.1, -0.05) is 6.92 Å². The van der Waals surface area contributed by atoms with Gasteiger partial charge in [-0.25, -0.2) is 4.79 Å². The van der Waals surface area contributed by atoms with Crippen molar-refractivity contribution >= 4 is 21.9 Å². The molecule has 0 bridgehead atoms. The third-order valence-electron chi connectivity index (χ3n) is 1.57. The third kappa shape index (κ3) is 3.48. The molecule has 1 aromatic rings. The number of rotatable bonds is 5. The number of anilines is 1. The zero-order chi connectivity index (χ0) is 12.2. The summed E-state index contributed by atoms with van der Waals surface area (Å²) in [6.07, 6.45) is 2.36. The summed E-state index contributed by atoms with van der Waals surface area (Å²) in [6.45, 7) is 1.87. The molecule has 0 amide bonds. The Labute approximate surface area is 92.7 Å². The van der Waals surface area contributed by atoms with Crippen molar-refractivity contribution in [2.75, 3.05) is 11.3 Å². The van der Waals surface area contributed by atoms with Crippen molar-refractivity contribution in [2.45, 2.75) is 6.92 Å². The van der Waals surface area contributed by atoms with E-state index in [1.807, 2.05) is 0 Å². The zero-order valence-electron chi connectivity index (χ0n) is 8.47. The molecule has 0 aliphatic heterocycles. The third-order valence-corrected chi connectivity index (χ3v) is 2.74. The summed E-state index contributed by atoms with van der Waals surface area (Å²) in [5, 5.41) is 8.68. The van der Waals surface area contributed by atoms with Crippen molar-refractivity contribution in [1.82, 2.24) is 9.71 Å². The van der Waals surface area contributed by atoms with Gasteiger partial charge in [-0.05, 0) is 6.07 Å². The molecule has 7 nitrogen and oxygen atoms in total. The van der Waals surface area contributed by atoms with E-state index in [9.17, 15) is 13.2 Å². The van der Waals surface area contributed by atoms with Gasteiger partial charge in [0.05, 0.1) is 17.4 Å². The smallest absolute Gasteiger partial charge is 0.337 e. The van der Waals surface area contributed by atoms with Crippen LogP contribution in [0.1, 0.15) is 17.3 Å². The molecule has 0 radical (unpaired) electrons. The maximum absolute atomic E-state index is 11.3. The van der Waals surface area contributed by atoms with Gasteiger partial charge in [0.1, 0.15) is 0 Å². The predicted molar refractivity (Wildman–Crippen MR) is 57.4 cm³/mol. The molecule has 0 unspecified atom stereocenters. The molecule has 1 rings (SSSR count). The standard InChI is InChI=1S/C8H11N3O4S/c1-2-10-16(14,15)11-7-3-6(8(12)13)4-9-5-7/h3-5,10-11H,2H2,1H3,(H,12,13). The summed E-state index contributed by atoms with van der Waals surface area (Å²) in [4.78, 5) is 14.2. The molecule has 3 N–H and O–H groups in total. The SMILES string of the molecule is CCNS(=O)(=O)Nc1cncc(C(=O)O)c1. The highest BCUT2D eigenvalue weighted by Gasteiger charge is 2.10. The fourth-order valence-corrected chi connectivity index (χ4v) is 1.87. The number of nitrogens with one attached hydrogen (secondary N) is 2. The van der Waals surface area contributed by atoms with E-state index in [0.717, 1.165) is 6.20 Å². The lowest BCUT2D eigenvalue weighted by Gasteiger charge is -2.07. The first-order valence-corrected chi connectivity index (χ1v) is 5.88. The number of carboxylic acids is 1. The van der Waals surface area contributed by atoms with Gasteiger partial charge in [0, 0.05) is 12.7 Å². The van der Waals surface area contributed by atoms with E-state index in [-0.39, 0.29) is 17.8 Å². The minimum Gasteiger partial charge on any atom is -0.478 e. The molecule has 1 aromatic heterocycles. The number of carbonyl (C=O) groups is 1. The summed E-state index contributed by atoms with van der Waals surface area (Å²) in [5.74, 6) is -1.17. The zero-order valence-corrected chi connectivity index (χ0v) is 9.28. The topological polar surface area (TPSA) is 108 Å². The van der Waals surface area contributed by atoms with E-state index in [0.29, 0.717) is 0 Å². The van der Waals surface area contributed by atoms with Crippen LogP contribution in [0.3, 0.4) is 0 Å². The highest BCUT2D eigenvalue weighted by atomic mass is 32.2. The first-order chi connectivity index (χ1) is 7.44. The molecular weight excluding hydrogens is 234 g/mol. The molecule has 1 heterocycles. The minimum absolute atomic E-state index is 0.0864. The number of carboxylic acid groups (broad SMARTS) is 1. The normalized spacial score (nSPS) is 11.1. The molecule has 0 saturated carbocycles. The first-order valence-electron chi connectivity index (χ1n) is 4.40. The van der Waals surface area contributed by atoms with Crippen LogP contribution in [0.15, 0.2) is 18.5 Å². The lowest BCUT2D eigenvalue weighted by molar-refractivity contribution is 0.0696. The summed E-state index contributed by atoms with van der Waals surface area (Å²) in [5.41, 5.74) is 0.0116. The van der Waals surface area contributed by atoms with Gasteiger partial charge < -0.3 is 5.11 Å². The Morgan fingerprint density at radius 2 is 2.19 bits per heavy atom. The van der Waals surface area contributed by atoms with Crippen molar-refractivity contribution in [3.8, 4) is 0 Å². The second-order valence-corrected chi connectivity index (χ2v) is 4.37. The highest BCUT2D eigenvalue weighted by molar-refractivity contribution is 7.90. The Kier molecular flexibility index (Phi) is 3.80. The number of aromatic nitrogens is 1. The van der Waals surface area contributed by atoms with Crippen LogP contribution in [0.25, 0.3) is 0 Å². The van der Waals surface area contributed by atoms with Gasteiger partial charge >= 0.3 is 5.97 Å². The largest absolute Gasteiger partial charge is 0.478 e. The maximum Gasteiger partial charge on any atom is 0.337 e. The Morgan fingerprint density at radius 3 is 2.75 bits per heavy atom. The molecule has 0 spiro atoms. The van der Waals surface area contributed by atoms with Crippen molar-refractivity contribution in [3.63, 3.8) is 0 Å². The molecule has 0 aliphatic carbocycles. The van der Waals surface area contributed by atoms with Crippen LogP contribution in [-0.4, -0.2) is 31.0 Å². The van der Waals surface area contributed by atoms with E-state index in [4.69, 9.17) is 5.11 Å². The average Bonchev–Trinajstić information content (AvgIpc) is 2.17. The van der Waals surface area contributed by atoms with Crippen LogP contribution in [0.2, 0.25) is 0 Å². The van der Waals surface area contributed by atoms with E-state index in [1.54, 1.807) is 6.92 Å². The number of aromatic carboxylic acids is 1. The molecule has 0 atom stereocenters. The summed E-state index contributed by atoms with van der Waals surface area (Å²) in [6, 6.07) is 1.18. The van der Waals surface area contributed by atoms with Crippen molar-refractivity contribution < 1.29 is 18.3 Å². The van der Waals surface area contributed by atoms with Gasteiger partial charge in [0.2, 0.25) is 0 Å². The number of pyridine rings is 1. The second kappa shape index (κ2) is 4.90. The van der Waals surface area contributed by atoms with Crippen molar-refractivity contribution in [2.24, 2.45) is 0 Å². The van der Waals surface area contributed by atoms with Crippen LogP contribution in [0.4, 0.5) is 5.69 Å². The molecule has 8 heteroatoms. The Bertz CT molecular complexity index is 486. The van der Waals surface area contributed by atoms with Gasteiger partial charge in [-0.2, -0.15) is 13.1 Å². The lowest BCUT2D eigenvalue weighted by Crippen LogP contribution is -2.29. The highest BCUT2D eigenvalue weighted by Crippen LogP contribution is 2.09. The fourth-order valence-electron chi connectivity index (χ4n) is 0.994. The molecule has 0 aromatic carbocycles. The predicted octanol–water partition coefficient (Wildman–Crippen LogP) is 0.0460. The summed E-state index contributed by atoms with van der Waals surface area (Å²) >= 11 is 0. The van der Waals surface area contributed by atoms with Gasteiger partial charge in [0.25, 0.3) is 10.2 Å². The van der Waals surface area contributed by atoms with Crippen LogP contribution in [0, 0.1) is 0 Å². The fraction of sp³-hybridized carbons (Fsp3) is 0.250. The molecule has 0 saturated heterocycles. The summed E-state index contributed by atoms with van der Waals surface area (Å²) < 4.78 is 26.9. The number of hydrogen-bond acceptors (Lipinski definition) is 4. The maximum atomic E-state index is 11.3. The average molecular weight is 245 g/mol. The van der Waals surface area contributed by atoms with Crippen LogP contribution in [0.5, 0.6) is 0 Å². The van der Waals surface area contributed by atoms with Crippen LogP contribution >= 0.6 is 0 Å². The van der Waals surface area contributed by atoms with Gasteiger partial charge in [0.15, 0.2) is 0 Å². The van der Waals surface area contributed by atoms with E-state index < -0.39 is 16.2 Å². The van der Waals surface area contributed by atoms with Crippen molar-refractivity contribution in [1.29, 1.82) is 0 Å². The Hall–Kier alpha value is -1.67. The Balaban J connectivity index is 2.90. The van der Waals surface area contributed by atoms with Gasteiger partial charge in [-0.3, -0.25) is 9.71 Å². The van der Waals surface area contributed by atoms with Crippen molar-refractivity contribution in [3.05, 3.63) is 24.0 Å². The molecular formula is C8H11N3O4S. The molecule has 0 aliphatic rings. The van der Waals surface area contributed by atoms with E-state index in [2.05, 4.69) is 14.4 Å². The lowest BCUT2D eigenvalue weighted by atomic mass is 10.3. The second-order valence-electron chi connectivity index (χ2n) is 2.87. The molecule has 0 fully saturated rings. The van der Waals surface area contributed by atoms with E-state index >= 15 is 0 Å². The van der Waals surface area contributed by atoms with E-state index in [1.165, 1.54) is 12.3 Å². The van der Waals surface area contributed by atoms with Crippen LogP contribution in [-0.2, 0) is 10.2 Å². The minimum atomic E-state index is -3.66. The number of nitrogens with zero attached hydrogens (tertiary/aromatic N) is 1. The quantitative estimate of drug-likeness (QED) is 0.679.